The molecule has 28 heavy (non-hydrogen) atoms. The van der Waals surface area contributed by atoms with E-state index in [-0.39, 0.29) is 5.91 Å². The zero-order chi connectivity index (χ0) is 20.7. The van der Waals surface area contributed by atoms with Gasteiger partial charge in [-0.25, -0.2) is 0 Å². The summed E-state index contributed by atoms with van der Waals surface area (Å²) in [5.74, 6) is 0.219. The van der Waals surface area contributed by atoms with Gasteiger partial charge >= 0.3 is 0 Å². The molecule has 0 aliphatic carbocycles. The summed E-state index contributed by atoms with van der Waals surface area (Å²) in [6.45, 7) is 8.49. The SMILES string of the molecule is CCCCCCCCCCCCCCC/C=C/C(=O)N(CCCC)CCCC. The molecule has 0 aromatic carbocycles. The molecule has 0 aromatic rings. The minimum Gasteiger partial charge on any atom is -0.339 e. The van der Waals surface area contributed by atoms with Crippen molar-refractivity contribution in [2.45, 2.75) is 136 Å². The second-order valence-electron chi connectivity index (χ2n) is 8.47. The highest BCUT2D eigenvalue weighted by molar-refractivity contribution is 5.87. The maximum Gasteiger partial charge on any atom is 0.246 e. The van der Waals surface area contributed by atoms with Gasteiger partial charge in [-0.1, -0.05) is 117 Å². The molecule has 0 atom stereocenters. The van der Waals surface area contributed by atoms with Gasteiger partial charge in [0.1, 0.15) is 0 Å². The van der Waals surface area contributed by atoms with Gasteiger partial charge in [0.15, 0.2) is 0 Å². The fourth-order valence-electron chi connectivity index (χ4n) is 3.60. The van der Waals surface area contributed by atoms with Gasteiger partial charge in [0, 0.05) is 13.1 Å². The molecule has 0 aliphatic rings. The van der Waals surface area contributed by atoms with Crippen molar-refractivity contribution in [3.05, 3.63) is 12.2 Å². The van der Waals surface area contributed by atoms with E-state index < -0.39 is 0 Å². The monoisotopic (exact) mass is 393 g/mol. The summed E-state index contributed by atoms with van der Waals surface area (Å²) in [5, 5.41) is 0. The smallest absolute Gasteiger partial charge is 0.246 e. The lowest BCUT2D eigenvalue weighted by molar-refractivity contribution is -0.126. The molecule has 0 bridgehead atoms. The van der Waals surface area contributed by atoms with Crippen molar-refractivity contribution >= 4 is 5.91 Å². The van der Waals surface area contributed by atoms with Crippen molar-refractivity contribution in [1.29, 1.82) is 0 Å². The summed E-state index contributed by atoms with van der Waals surface area (Å²) in [5.41, 5.74) is 0. The van der Waals surface area contributed by atoms with Crippen LogP contribution in [0.3, 0.4) is 0 Å². The van der Waals surface area contributed by atoms with Crippen LogP contribution >= 0.6 is 0 Å². The van der Waals surface area contributed by atoms with Crippen LogP contribution in [-0.4, -0.2) is 23.9 Å². The van der Waals surface area contributed by atoms with E-state index in [2.05, 4.69) is 26.8 Å². The van der Waals surface area contributed by atoms with Crippen molar-refractivity contribution in [2.24, 2.45) is 0 Å². The zero-order valence-corrected chi connectivity index (χ0v) is 19.7. The second-order valence-corrected chi connectivity index (χ2v) is 8.47. The molecule has 0 aromatic heterocycles. The summed E-state index contributed by atoms with van der Waals surface area (Å²) in [7, 11) is 0. The van der Waals surface area contributed by atoms with Gasteiger partial charge in [-0.2, -0.15) is 0 Å². The Labute approximate surface area is 177 Å². The van der Waals surface area contributed by atoms with Gasteiger partial charge in [-0.05, 0) is 31.8 Å². The van der Waals surface area contributed by atoms with Gasteiger partial charge in [0.05, 0.1) is 0 Å². The molecule has 1 amide bonds. The molecule has 0 fully saturated rings. The first-order chi connectivity index (χ1) is 13.8. The average molecular weight is 394 g/mol. The molecule has 0 spiro atoms. The molecule has 0 heterocycles. The number of carbonyl (C=O) groups excluding carboxylic acids is 1. The van der Waals surface area contributed by atoms with Crippen LogP contribution in [0.1, 0.15) is 136 Å². The Morgan fingerprint density at radius 1 is 0.571 bits per heavy atom. The molecule has 2 heteroatoms. The lowest BCUT2D eigenvalue weighted by Gasteiger charge is -2.20. The Kier molecular flexibility index (Phi) is 21.9. The maximum absolute atomic E-state index is 12.3. The van der Waals surface area contributed by atoms with E-state index in [0.29, 0.717) is 0 Å². The van der Waals surface area contributed by atoms with Crippen LogP contribution in [0.2, 0.25) is 0 Å². The molecule has 166 valence electrons. The second kappa shape index (κ2) is 22.5. The van der Waals surface area contributed by atoms with Crippen LogP contribution in [0.15, 0.2) is 12.2 Å². The van der Waals surface area contributed by atoms with Crippen LogP contribution in [0.4, 0.5) is 0 Å². The van der Waals surface area contributed by atoms with Crippen LogP contribution < -0.4 is 0 Å². The Hall–Kier alpha value is -0.790. The first kappa shape index (κ1) is 27.2. The van der Waals surface area contributed by atoms with Gasteiger partial charge in [0.25, 0.3) is 0 Å². The molecule has 0 rings (SSSR count). The highest BCUT2D eigenvalue weighted by Gasteiger charge is 2.08. The van der Waals surface area contributed by atoms with Crippen molar-refractivity contribution in [1.82, 2.24) is 4.90 Å². The fourth-order valence-corrected chi connectivity index (χ4v) is 3.60. The van der Waals surface area contributed by atoms with Crippen molar-refractivity contribution in [3.8, 4) is 0 Å². The fraction of sp³-hybridized carbons (Fsp3) is 0.885. The third-order valence-corrected chi connectivity index (χ3v) is 5.61. The standard InChI is InChI=1S/C26H51NO/c1-4-7-10-11-12-13-14-15-16-17-18-19-20-21-22-23-26(28)27(24-8-5-2)25-9-6-3/h22-23H,4-21,24-25H2,1-3H3/b23-22+. The minimum absolute atomic E-state index is 0.219. The number of hydrogen-bond acceptors (Lipinski definition) is 1. The molecule has 0 aliphatic heterocycles. The van der Waals surface area contributed by atoms with Gasteiger partial charge in [-0.15, -0.1) is 0 Å². The summed E-state index contributed by atoms with van der Waals surface area (Å²) in [6.07, 6.45) is 27.6. The molecule has 0 radical (unpaired) electrons. The molecule has 0 N–H and O–H groups in total. The number of hydrogen-bond donors (Lipinski definition) is 0. The first-order valence-electron chi connectivity index (χ1n) is 12.7. The van der Waals surface area contributed by atoms with Crippen LogP contribution in [0, 0.1) is 0 Å². The molecule has 0 saturated heterocycles. The quantitative estimate of drug-likeness (QED) is 0.141. The van der Waals surface area contributed by atoms with E-state index in [9.17, 15) is 4.79 Å². The van der Waals surface area contributed by atoms with E-state index in [1.807, 2.05) is 11.0 Å². The molecule has 0 unspecified atom stereocenters. The zero-order valence-electron chi connectivity index (χ0n) is 19.7. The third kappa shape index (κ3) is 18.6. The summed E-state index contributed by atoms with van der Waals surface area (Å²) in [6, 6.07) is 0. The van der Waals surface area contributed by atoms with Crippen LogP contribution in [0.5, 0.6) is 0 Å². The summed E-state index contributed by atoms with van der Waals surface area (Å²) < 4.78 is 0. The molecule has 2 nitrogen and oxygen atoms in total. The van der Waals surface area contributed by atoms with E-state index in [0.717, 1.165) is 45.2 Å². The van der Waals surface area contributed by atoms with E-state index in [1.54, 1.807) is 0 Å². The van der Waals surface area contributed by atoms with Crippen molar-refractivity contribution < 1.29 is 4.79 Å². The van der Waals surface area contributed by atoms with Crippen molar-refractivity contribution in [3.63, 3.8) is 0 Å². The normalized spacial score (nSPS) is 11.4. The van der Waals surface area contributed by atoms with Crippen molar-refractivity contribution in [2.75, 3.05) is 13.1 Å². The predicted octanol–water partition coefficient (Wildman–Crippen LogP) is 8.45. The third-order valence-electron chi connectivity index (χ3n) is 5.61. The first-order valence-corrected chi connectivity index (χ1v) is 12.7. The Bertz CT molecular complexity index is 342. The molecular formula is C26H51NO. The molecular weight excluding hydrogens is 342 g/mol. The Morgan fingerprint density at radius 3 is 1.39 bits per heavy atom. The summed E-state index contributed by atoms with van der Waals surface area (Å²) in [4.78, 5) is 14.4. The highest BCUT2D eigenvalue weighted by Crippen LogP contribution is 2.13. The molecule has 0 saturated carbocycles. The minimum atomic E-state index is 0.219. The van der Waals surface area contributed by atoms with Gasteiger partial charge < -0.3 is 4.90 Å². The van der Waals surface area contributed by atoms with Gasteiger partial charge in [-0.3, -0.25) is 4.79 Å². The van der Waals surface area contributed by atoms with E-state index >= 15 is 0 Å². The number of unbranched alkanes of at least 4 members (excludes halogenated alkanes) is 15. The Morgan fingerprint density at radius 2 is 0.964 bits per heavy atom. The predicted molar refractivity (Wildman–Crippen MR) is 126 cm³/mol. The number of allylic oxidation sites excluding steroid dienone is 1. The number of nitrogens with zero attached hydrogens (tertiary/aromatic N) is 1. The maximum atomic E-state index is 12.3. The number of rotatable bonds is 21. The van der Waals surface area contributed by atoms with Crippen LogP contribution in [0.25, 0.3) is 0 Å². The summed E-state index contributed by atoms with van der Waals surface area (Å²) >= 11 is 0. The number of carbonyl (C=O) groups is 1. The topological polar surface area (TPSA) is 20.3 Å². The average Bonchev–Trinajstić information content (AvgIpc) is 2.70. The van der Waals surface area contributed by atoms with E-state index in [1.165, 1.54) is 83.5 Å². The van der Waals surface area contributed by atoms with E-state index in [4.69, 9.17) is 0 Å². The van der Waals surface area contributed by atoms with Crippen LogP contribution in [-0.2, 0) is 4.79 Å². The largest absolute Gasteiger partial charge is 0.339 e. The Balaban J connectivity index is 3.53. The lowest BCUT2D eigenvalue weighted by Crippen LogP contribution is -2.31. The highest BCUT2D eigenvalue weighted by atomic mass is 16.2. The van der Waals surface area contributed by atoms with Gasteiger partial charge in [0.2, 0.25) is 5.91 Å². The number of amides is 1. The lowest BCUT2D eigenvalue weighted by atomic mass is 10.0.